The monoisotopic (exact) mass is 507 g/mol. The SMILES string of the molecule is CCC(OC)Oc1cc(C(NC(=O)OC(C)(C)C)C(CCC2CC(C)C(=O)O2)C(C)C)ccc1OC. The van der Waals surface area contributed by atoms with Crippen LogP contribution in [0.2, 0.25) is 0 Å². The van der Waals surface area contributed by atoms with E-state index in [1.54, 1.807) is 14.2 Å². The maximum Gasteiger partial charge on any atom is 0.408 e. The predicted molar refractivity (Wildman–Crippen MR) is 138 cm³/mol. The Bertz CT molecular complexity index is 860. The van der Waals surface area contributed by atoms with Gasteiger partial charge in [-0.25, -0.2) is 4.79 Å². The second kappa shape index (κ2) is 13.2. The third-order valence-electron chi connectivity index (χ3n) is 6.48. The summed E-state index contributed by atoms with van der Waals surface area (Å²) in [6.45, 7) is 13.7. The number of amides is 1. The standard InChI is InChI=1S/C28H45NO7/c1-10-24(33-9)35-23-16-19(11-14-22(23)32-8)25(29-27(31)36-28(5,6)7)21(17(2)3)13-12-20-15-18(4)26(30)34-20/h11,14,16-18,20-21,24-25H,10,12-13,15H2,1-9H3,(H,29,31). The van der Waals surface area contributed by atoms with E-state index in [1.807, 2.05) is 52.8 Å². The average molecular weight is 508 g/mol. The number of hydrogen-bond donors (Lipinski definition) is 1. The minimum Gasteiger partial charge on any atom is -0.493 e. The summed E-state index contributed by atoms with van der Waals surface area (Å²) in [4.78, 5) is 24.8. The summed E-state index contributed by atoms with van der Waals surface area (Å²) in [6.07, 6.45) is 1.87. The molecule has 8 heteroatoms. The highest BCUT2D eigenvalue weighted by atomic mass is 16.7. The van der Waals surface area contributed by atoms with Gasteiger partial charge < -0.3 is 29.0 Å². The van der Waals surface area contributed by atoms with Gasteiger partial charge >= 0.3 is 12.1 Å². The van der Waals surface area contributed by atoms with Crippen molar-refractivity contribution in [2.45, 2.75) is 98.2 Å². The highest BCUT2D eigenvalue weighted by Gasteiger charge is 2.34. The molecule has 1 aliphatic heterocycles. The number of benzene rings is 1. The second-order valence-electron chi connectivity index (χ2n) is 10.9. The molecule has 8 nitrogen and oxygen atoms in total. The van der Waals surface area contributed by atoms with Crippen LogP contribution < -0.4 is 14.8 Å². The van der Waals surface area contributed by atoms with Crippen LogP contribution in [0.15, 0.2) is 18.2 Å². The average Bonchev–Trinajstić information content (AvgIpc) is 3.12. The van der Waals surface area contributed by atoms with Gasteiger partial charge in [0.15, 0.2) is 17.8 Å². The molecule has 0 spiro atoms. The Labute approximate surface area is 216 Å². The molecule has 0 radical (unpaired) electrons. The van der Waals surface area contributed by atoms with E-state index in [-0.39, 0.29) is 35.9 Å². The van der Waals surface area contributed by atoms with Gasteiger partial charge in [-0.3, -0.25) is 4.79 Å². The minimum absolute atomic E-state index is 0.0535. The molecule has 0 aliphatic carbocycles. The minimum atomic E-state index is -0.628. The van der Waals surface area contributed by atoms with Crippen molar-refractivity contribution in [3.63, 3.8) is 0 Å². The lowest BCUT2D eigenvalue weighted by Crippen LogP contribution is -2.39. The van der Waals surface area contributed by atoms with Gasteiger partial charge in [-0.15, -0.1) is 0 Å². The predicted octanol–water partition coefficient (Wildman–Crippen LogP) is 6.03. The van der Waals surface area contributed by atoms with Gasteiger partial charge in [0.05, 0.1) is 19.1 Å². The van der Waals surface area contributed by atoms with E-state index in [0.29, 0.717) is 17.9 Å². The van der Waals surface area contributed by atoms with Crippen LogP contribution in [0, 0.1) is 17.8 Å². The van der Waals surface area contributed by atoms with Crippen LogP contribution >= 0.6 is 0 Å². The number of carbonyl (C=O) groups is 2. The molecule has 0 bridgehead atoms. The quantitative estimate of drug-likeness (QED) is 0.273. The summed E-state index contributed by atoms with van der Waals surface area (Å²) in [5.41, 5.74) is 0.245. The number of rotatable bonds is 12. The maximum absolute atomic E-state index is 12.9. The van der Waals surface area contributed by atoms with Crippen LogP contribution in [-0.2, 0) is 19.0 Å². The van der Waals surface area contributed by atoms with Crippen LogP contribution in [-0.4, -0.2) is 44.3 Å². The van der Waals surface area contributed by atoms with Crippen molar-refractivity contribution in [1.29, 1.82) is 0 Å². The van der Waals surface area contributed by atoms with Crippen LogP contribution in [0.4, 0.5) is 4.79 Å². The van der Waals surface area contributed by atoms with Gasteiger partial charge in [0.1, 0.15) is 11.7 Å². The van der Waals surface area contributed by atoms with E-state index in [1.165, 1.54) is 0 Å². The van der Waals surface area contributed by atoms with Gasteiger partial charge in [-0.05, 0) is 69.6 Å². The zero-order chi connectivity index (χ0) is 27.0. The summed E-state index contributed by atoms with van der Waals surface area (Å²) in [6, 6.07) is 5.32. The molecule has 0 saturated carbocycles. The first-order valence-corrected chi connectivity index (χ1v) is 13.0. The number of methoxy groups -OCH3 is 2. The Morgan fingerprint density at radius 1 is 1.19 bits per heavy atom. The van der Waals surface area contributed by atoms with Crippen LogP contribution in [0.5, 0.6) is 11.5 Å². The first kappa shape index (κ1) is 29.7. The summed E-state index contributed by atoms with van der Waals surface area (Å²) in [7, 11) is 3.19. The number of carbonyl (C=O) groups excluding carboxylic acids is 2. The summed E-state index contributed by atoms with van der Waals surface area (Å²) >= 11 is 0. The molecular weight excluding hydrogens is 462 g/mol. The first-order valence-electron chi connectivity index (χ1n) is 13.0. The maximum atomic E-state index is 12.9. The number of nitrogens with one attached hydrogen (secondary N) is 1. The third kappa shape index (κ3) is 8.57. The molecule has 36 heavy (non-hydrogen) atoms. The molecule has 1 aromatic carbocycles. The molecule has 1 saturated heterocycles. The highest BCUT2D eigenvalue weighted by molar-refractivity contribution is 5.74. The van der Waals surface area contributed by atoms with E-state index in [4.69, 9.17) is 23.7 Å². The van der Waals surface area contributed by atoms with E-state index in [2.05, 4.69) is 19.2 Å². The van der Waals surface area contributed by atoms with E-state index >= 15 is 0 Å². The smallest absolute Gasteiger partial charge is 0.408 e. The Morgan fingerprint density at radius 3 is 2.39 bits per heavy atom. The van der Waals surface area contributed by atoms with Crippen molar-refractivity contribution >= 4 is 12.1 Å². The largest absolute Gasteiger partial charge is 0.493 e. The van der Waals surface area contributed by atoms with Crippen LogP contribution in [0.3, 0.4) is 0 Å². The lowest BCUT2D eigenvalue weighted by Gasteiger charge is -2.33. The molecular formula is C28H45NO7. The summed E-state index contributed by atoms with van der Waals surface area (Å²) in [5, 5.41) is 3.11. The lowest BCUT2D eigenvalue weighted by molar-refractivity contribution is -0.144. The molecule has 204 valence electrons. The van der Waals surface area contributed by atoms with Crippen molar-refractivity contribution < 1.29 is 33.3 Å². The fourth-order valence-corrected chi connectivity index (χ4v) is 4.55. The van der Waals surface area contributed by atoms with Gasteiger partial charge in [0, 0.05) is 13.5 Å². The Hall–Kier alpha value is -2.48. The lowest BCUT2D eigenvalue weighted by atomic mass is 9.80. The van der Waals surface area contributed by atoms with E-state index in [0.717, 1.165) is 24.8 Å². The topological polar surface area (TPSA) is 92.3 Å². The Morgan fingerprint density at radius 2 is 1.89 bits per heavy atom. The van der Waals surface area contributed by atoms with Crippen molar-refractivity contribution in [3.05, 3.63) is 23.8 Å². The first-order chi connectivity index (χ1) is 16.9. The van der Waals surface area contributed by atoms with Crippen LogP contribution in [0.25, 0.3) is 0 Å². The second-order valence-corrected chi connectivity index (χ2v) is 10.9. The fraction of sp³-hybridized carbons (Fsp3) is 0.714. The zero-order valence-electron chi connectivity index (χ0n) is 23.4. The van der Waals surface area contributed by atoms with Gasteiger partial charge in [0.2, 0.25) is 0 Å². The van der Waals surface area contributed by atoms with Crippen molar-refractivity contribution in [2.24, 2.45) is 17.8 Å². The number of hydrogen-bond acceptors (Lipinski definition) is 7. The Balaban J connectivity index is 2.39. The molecule has 5 atom stereocenters. The molecule has 1 aliphatic rings. The highest BCUT2D eigenvalue weighted by Crippen LogP contribution is 2.38. The normalized spacial score (nSPS) is 20.4. The van der Waals surface area contributed by atoms with Crippen molar-refractivity contribution in [2.75, 3.05) is 14.2 Å². The summed E-state index contributed by atoms with van der Waals surface area (Å²) < 4.78 is 28.2. The zero-order valence-corrected chi connectivity index (χ0v) is 23.4. The molecule has 1 heterocycles. The third-order valence-corrected chi connectivity index (χ3v) is 6.48. The number of alkyl carbamates (subject to hydrolysis) is 1. The fourth-order valence-electron chi connectivity index (χ4n) is 4.55. The molecule has 2 rings (SSSR count). The molecule has 1 N–H and O–H groups in total. The number of ether oxygens (including phenoxy) is 5. The van der Waals surface area contributed by atoms with E-state index < -0.39 is 18.0 Å². The Kier molecular flexibility index (Phi) is 10.9. The van der Waals surface area contributed by atoms with Gasteiger partial charge in [-0.1, -0.05) is 33.8 Å². The molecule has 1 aromatic rings. The molecule has 1 amide bonds. The van der Waals surface area contributed by atoms with Crippen LogP contribution in [0.1, 0.15) is 85.8 Å². The van der Waals surface area contributed by atoms with Gasteiger partial charge in [0.25, 0.3) is 0 Å². The number of cyclic esters (lactones) is 1. The number of esters is 1. The summed E-state index contributed by atoms with van der Waals surface area (Å²) in [5.74, 6) is 1.20. The van der Waals surface area contributed by atoms with E-state index in [9.17, 15) is 9.59 Å². The van der Waals surface area contributed by atoms with Gasteiger partial charge in [-0.2, -0.15) is 0 Å². The van der Waals surface area contributed by atoms with Crippen molar-refractivity contribution in [1.82, 2.24) is 5.32 Å². The molecule has 1 fully saturated rings. The molecule has 5 unspecified atom stereocenters. The molecule has 0 aromatic heterocycles. The van der Waals surface area contributed by atoms with Crippen molar-refractivity contribution in [3.8, 4) is 11.5 Å².